The van der Waals surface area contributed by atoms with Crippen LogP contribution in [0.5, 0.6) is 5.75 Å². The number of unbranched alkanes of at least 4 members (excludes halogenated alkanes) is 11. The molecule has 0 aliphatic rings. The number of para-hydroxylation sites is 1. The third-order valence-electron chi connectivity index (χ3n) is 5.66. The second-order valence-electron chi connectivity index (χ2n) is 8.40. The lowest BCUT2D eigenvalue weighted by molar-refractivity contribution is 0.305. The van der Waals surface area contributed by atoms with Crippen LogP contribution in [-0.4, -0.2) is 16.6 Å². The van der Waals surface area contributed by atoms with Crippen LogP contribution < -0.4 is 4.74 Å². The summed E-state index contributed by atoms with van der Waals surface area (Å²) in [6.45, 7) is 5.29. The van der Waals surface area contributed by atoms with Gasteiger partial charge >= 0.3 is 0 Å². The molecule has 0 amide bonds. The molecular weight excluding hydrogens is 368 g/mol. The quantitative estimate of drug-likeness (QED) is 0.247. The zero-order valence-corrected chi connectivity index (χ0v) is 19.4. The Balaban J connectivity index is 1.76. The van der Waals surface area contributed by atoms with Gasteiger partial charge in [0.05, 0.1) is 12.2 Å². The van der Waals surface area contributed by atoms with E-state index in [1.54, 1.807) is 0 Å². The topological polar surface area (TPSA) is 35.0 Å². The zero-order valence-electron chi connectivity index (χ0n) is 19.4. The van der Waals surface area contributed by atoms with Crippen molar-refractivity contribution >= 4 is 0 Å². The van der Waals surface area contributed by atoms with Gasteiger partial charge in [0.25, 0.3) is 0 Å². The Morgan fingerprint density at radius 3 is 1.90 bits per heavy atom. The lowest BCUT2D eigenvalue weighted by Gasteiger charge is -2.11. The minimum absolute atomic E-state index is 0.761. The fourth-order valence-electron chi connectivity index (χ4n) is 3.75. The molecule has 0 spiro atoms. The van der Waals surface area contributed by atoms with Crippen LogP contribution in [0.2, 0.25) is 0 Å². The van der Waals surface area contributed by atoms with E-state index in [1.807, 2.05) is 30.6 Å². The minimum atomic E-state index is 0.761. The minimum Gasteiger partial charge on any atom is -0.493 e. The Morgan fingerprint density at radius 1 is 0.667 bits per heavy atom. The number of ether oxygens (including phenoxy) is 1. The van der Waals surface area contributed by atoms with Crippen LogP contribution in [0.1, 0.15) is 103 Å². The van der Waals surface area contributed by atoms with Gasteiger partial charge in [0.2, 0.25) is 0 Å². The van der Waals surface area contributed by atoms with Crippen LogP contribution in [0.3, 0.4) is 0 Å². The highest BCUT2D eigenvalue weighted by Crippen LogP contribution is 2.27. The van der Waals surface area contributed by atoms with Crippen molar-refractivity contribution in [3.63, 3.8) is 0 Å². The van der Waals surface area contributed by atoms with Gasteiger partial charge in [-0.15, -0.1) is 0 Å². The summed E-state index contributed by atoms with van der Waals surface area (Å²) in [6.07, 6.45) is 22.0. The first kappa shape index (κ1) is 24.4. The van der Waals surface area contributed by atoms with Crippen molar-refractivity contribution < 1.29 is 4.74 Å². The molecule has 3 nitrogen and oxygen atoms in total. The monoisotopic (exact) mass is 410 g/mol. The van der Waals surface area contributed by atoms with Gasteiger partial charge in [0.15, 0.2) is 5.82 Å². The fraction of sp³-hybridized carbons (Fsp3) is 0.630. The highest BCUT2D eigenvalue weighted by Gasteiger charge is 2.09. The molecule has 0 radical (unpaired) electrons. The molecule has 0 unspecified atom stereocenters. The highest BCUT2D eigenvalue weighted by atomic mass is 16.5. The number of rotatable bonds is 17. The van der Waals surface area contributed by atoms with Gasteiger partial charge < -0.3 is 4.74 Å². The first-order valence-electron chi connectivity index (χ1n) is 12.4. The normalized spacial score (nSPS) is 11.0. The second kappa shape index (κ2) is 15.9. The highest BCUT2D eigenvalue weighted by molar-refractivity contribution is 5.63. The van der Waals surface area contributed by atoms with Crippen LogP contribution in [0.15, 0.2) is 36.7 Å². The first-order valence-corrected chi connectivity index (χ1v) is 12.4. The maximum Gasteiger partial charge on any atom is 0.162 e. The fourth-order valence-corrected chi connectivity index (χ4v) is 3.75. The molecule has 0 N–H and O–H groups in total. The van der Waals surface area contributed by atoms with Gasteiger partial charge in [-0.05, 0) is 37.0 Å². The van der Waals surface area contributed by atoms with Crippen molar-refractivity contribution in [2.75, 3.05) is 6.61 Å². The summed E-state index contributed by atoms with van der Waals surface area (Å²) >= 11 is 0. The molecule has 0 saturated heterocycles. The summed E-state index contributed by atoms with van der Waals surface area (Å²) in [5.74, 6) is 1.66. The summed E-state index contributed by atoms with van der Waals surface area (Å²) in [6, 6.07) is 8.15. The molecule has 0 atom stereocenters. The molecule has 166 valence electrons. The number of hydrogen-bond donors (Lipinski definition) is 0. The van der Waals surface area contributed by atoms with Gasteiger partial charge in [-0.1, -0.05) is 96.6 Å². The van der Waals surface area contributed by atoms with E-state index in [0.717, 1.165) is 36.6 Å². The number of aromatic nitrogens is 2. The van der Waals surface area contributed by atoms with Crippen LogP contribution >= 0.6 is 0 Å². The molecule has 0 bridgehead atoms. The maximum atomic E-state index is 6.08. The standard InChI is InChI=1S/C27H42N2O/c1-3-5-7-9-11-13-17-21-30-26-20-16-15-19-25(26)27-28-22-24(23-29-27)18-14-12-10-8-6-4-2/h15-16,19-20,22-23H,3-14,17-18,21H2,1-2H3. The van der Waals surface area contributed by atoms with Gasteiger partial charge in [-0.2, -0.15) is 0 Å². The smallest absolute Gasteiger partial charge is 0.162 e. The predicted molar refractivity (Wildman–Crippen MR) is 128 cm³/mol. The summed E-state index contributed by atoms with van der Waals surface area (Å²) in [5, 5.41) is 0. The number of aryl methyl sites for hydroxylation is 1. The van der Waals surface area contributed by atoms with Crippen molar-refractivity contribution in [3.8, 4) is 17.1 Å². The second-order valence-corrected chi connectivity index (χ2v) is 8.40. The molecular formula is C27H42N2O. The van der Waals surface area contributed by atoms with Crippen LogP contribution in [0, 0.1) is 0 Å². The van der Waals surface area contributed by atoms with Gasteiger partial charge in [0.1, 0.15) is 5.75 Å². The molecule has 0 aliphatic heterocycles. The van der Waals surface area contributed by atoms with E-state index in [-0.39, 0.29) is 0 Å². The summed E-state index contributed by atoms with van der Waals surface area (Å²) < 4.78 is 6.08. The third-order valence-corrected chi connectivity index (χ3v) is 5.66. The van der Waals surface area contributed by atoms with E-state index in [2.05, 4.69) is 29.9 Å². The Hall–Kier alpha value is -1.90. The molecule has 3 heteroatoms. The predicted octanol–water partition coefficient (Wildman–Crippen LogP) is 8.18. The Kier molecular flexibility index (Phi) is 12.9. The molecule has 2 rings (SSSR count). The lowest BCUT2D eigenvalue weighted by Crippen LogP contribution is -2.00. The largest absolute Gasteiger partial charge is 0.493 e. The summed E-state index contributed by atoms with van der Waals surface area (Å²) in [5.41, 5.74) is 2.22. The molecule has 1 aromatic heterocycles. The van der Waals surface area contributed by atoms with Crippen molar-refractivity contribution in [2.24, 2.45) is 0 Å². The number of benzene rings is 1. The maximum absolute atomic E-state index is 6.08. The number of hydrogen-bond acceptors (Lipinski definition) is 3. The van der Waals surface area contributed by atoms with E-state index in [0.29, 0.717) is 0 Å². The SMILES string of the molecule is CCCCCCCCCOc1ccccc1-c1ncc(CCCCCCCC)cn1. The molecule has 0 aliphatic carbocycles. The Bertz CT molecular complexity index is 669. The Labute approximate surface area is 184 Å². The third kappa shape index (κ3) is 9.73. The van der Waals surface area contributed by atoms with Crippen LogP contribution in [0.4, 0.5) is 0 Å². The molecule has 2 aromatic rings. The van der Waals surface area contributed by atoms with E-state index in [4.69, 9.17) is 4.74 Å². The van der Waals surface area contributed by atoms with Gasteiger partial charge in [-0.25, -0.2) is 9.97 Å². The van der Waals surface area contributed by atoms with E-state index in [9.17, 15) is 0 Å². The summed E-state index contributed by atoms with van der Waals surface area (Å²) in [4.78, 5) is 9.27. The average molecular weight is 411 g/mol. The Morgan fingerprint density at radius 2 is 1.23 bits per heavy atom. The molecule has 0 saturated carbocycles. The van der Waals surface area contributed by atoms with Gasteiger partial charge in [0, 0.05) is 12.4 Å². The molecule has 1 heterocycles. The van der Waals surface area contributed by atoms with Crippen molar-refractivity contribution in [2.45, 2.75) is 104 Å². The molecule has 1 aromatic carbocycles. The van der Waals surface area contributed by atoms with Gasteiger partial charge in [-0.3, -0.25) is 0 Å². The molecule has 0 fully saturated rings. The summed E-state index contributed by atoms with van der Waals surface area (Å²) in [7, 11) is 0. The van der Waals surface area contributed by atoms with Crippen LogP contribution in [0.25, 0.3) is 11.4 Å². The van der Waals surface area contributed by atoms with Crippen molar-refractivity contribution in [3.05, 3.63) is 42.2 Å². The van der Waals surface area contributed by atoms with E-state index < -0.39 is 0 Å². The van der Waals surface area contributed by atoms with Crippen molar-refractivity contribution in [1.29, 1.82) is 0 Å². The number of nitrogens with zero attached hydrogens (tertiary/aromatic N) is 2. The van der Waals surface area contributed by atoms with E-state index in [1.165, 1.54) is 82.6 Å². The van der Waals surface area contributed by atoms with Crippen LogP contribution in [-0.2, 0) is 6.42 Å². The zero-order chi connectivity index (χ0) is 21.3. The average Bonchev–Trinajstić information content (AvgIpc) is 2.79. The lowest BCUT2D eigenvalue weighted by atomic mass is 10.1. The molecule has 30 heavy (non-hydrogen) atoms. The van der Waals surface area contributed by atoms with E-state index >= 15 is 0 Å². The first-order chi connectivity index (χ1) is 14.8. The van der Waals surface area contributed by atoms with Crippen molar-refractivity contribution in [1.82, 2.24) is 9.97 Å².